The van der Waals surface area contributed by atoms with E-state index >= 15 is 0 Å². The average Bonchev–Trinajstić information content (AvgIpc) is 1.96. The predicted octanol–water partition coefficient (Wildman–Crippen LogP) is 3.77. The summed E-state index contributed by atoms with van der Waals surface area (Å²) in [5.74, 6) is 0. The molecule has 12 heavy (non-hydrogen) atoms. The van der Waals surface area contributed by atoms with Crippen LogP contribution >= 0.6 is 11.6 Å². The molecule has 1 rings (SSSR count). The third-order valence-electron chi connectivity index (χ3n) is 1.73. The smallest absolute Gasteiger partial charge is 0.0435 e. The molecule has 0 spiro atoms. The quantitative estimate of drug-likeness (QED) is 0.608. The van der Waals surface area contributed by atoms with Gasteiger partial charge in [0.15, 0.2) is 0 Å². The first kappa shape index (κ1) is 9.34. The highest BCUT2D eigenvalue weighted by Gasteiger charge is 1.97. The van der Waals surface area contributed by atoms with Gasteiger partial charge >= 0.3 is 0 Å². The van der Waals surface area contributed by atoms with E-state index in [0.717, 1.165) is 17.0 Å². The van der Waals surface area contributed by atoms with Crippen LogP contribution in [0.2, 0.25) is 5.02 Å². The minimum Gasteiger partial charge on any atom is -0.0998 e. The fraction of sp³-hybridized carbons (Fsp3) is 0.273. The summed E-state index contributed by atoms with van der Waals surface area (Å²) in [5, 5.41) is 0.834. The van der Waals surface area contributed by atoms with Crippen molar-refractivity contribution in [2.45, 2.75) is 20.3 Å². The minimum atomic E-state index is 0.834. The average molecular weight is 181 g/mol. The highest BCUT2D eigenvalue weighted by atomic mass is 35.5. The molecular weight excluding hydrogens is 168 g/mol. The molecule has 0 heterocycles. The third kappa shape index (κ3) is 2.38. The largest absolute Gasteiger partial charge is 0.0998 e. The highest BCUT2D eigenvalue weighted by molar-refractivity contribution is 6.31. The number of rotatable bonds is 2. The van der Waals surface area contributed by atoms with Crippen molar-refractivity contribution in [3.8, 4) is 0 Å². The SMILES string of the molecule is C=C(C)Cc1ccc(Cl)c(C)c1. The Labute approximate surface area is 78.9 Å². The summed E-state index contributed by atoms with van der Waals surface area (Å²) in [4.78, 5) is 0. The van der Waals surface area contributed by atoms with Crippen LogP contribution in [0.4, 0.5) is 0 Å². The van der Waals surface area contributed by atoms with Crippen LogP contribution in [-0.2, 0) is 6.42 Å². The standard InChI is InChI=1S/C11H13Cl/c1-8(2)6-10-4-5-11(12)9(3)7-10/h4-5,7H,1,6H2,2-3H3. The molecule has 1 aromatic carbocycles. The molecule has 1 heteroatoms. The van der Waals surface area contributed by atoms with Crippen LogP contribution in [0.25, 0.3) is 0 Å². The minimum absolute atomic E-state index is 0.834. The molecule has 64 valence electrons. The molecule has 0 amide bonds. The van der Waals surface area contributed by atoms with Gasteiger partial charge in [-0.1, -0.05) is 35.9 Å². The van der Waals surface area contributed by atoms with Crippen LogP contribution in [0.5, 0.6) is 0 Å². The Hall–Kier alpha value is -0.750. The molecule has 0 bridgehead atoms. The summed E-state index contributed by atoms with van der Waals surface area (Å²) in [6, 6.07) is 6.09. The molecule has 0 saturated carbocycles. The van der Waals surface area contributed by atoms with E-state index in [1.165, 1.54) is 11.1 Å². The topological polar surface area (TPSA) is 0 Å². The lowest BCUT2D eigenvalue weighted by atomic mass is 10.1. The van der Waals surface area contributed by atoms with Crippen molar-refractivity contribution in [1.29, 1.82) is 0 Å². The zero-order chi connectivity index (χ0) is 9.14. The molecule has 0 aliphatic heterocycles. The molecule has 0 radical (unpaired) electrons. The zero-order valence-electron chi connectivity index (χ0n) is 7.52. The van der Waals surface area contributed by atoms with E-state index in [4.69, 9.17) is 11.6 Å². The second-order valence-electron chi connectivity index (χ2n) is 3.22. The number of hydrogen-bond acceptors (Lipinski definition) is 0. The molecule has 0 N–H and O–H groups in total. The van der Waals surface area contributed by atoms with Gasteiger partial charge in [0, 0.05) is 5.02 Å². The summed E-state index contributed by atoms with van der Waals surface area (Å²) in [6.45, 7) is 7.92. The van der Waals surface area contributed by atoms with Gasteiger partial charge in [-0.25, -0.2) is 0 Å². The number of benzene rings is 1. The number of halogens is 1. The van der Waals surface area contributed by atoms with Crippen LogP contribution in [0, 0.1) is 6.92 Å². The second kappa shape index (κ2) is 3.77. The fourth-order valence-corrected chi connectivity index (χ4v) is 1.28. The maximum Gasteiger partial charge on any atom is 0.0435 e. The first-order valence-corrected chi connectivity index (χ1v) is 4.37. The lowest BCUT2D eigenvalue weighted by molar-refractivity contribution is 1.15. The molecular formula is C11H13Cl. The van der Waals surface area contributed by atoms with E-state index in [0.29, 0.717) is 0 Å². The van der Waals surface area contributed by atoms with Gasteiger partial charge in [0.1, 0.15) is 0 Å². The molecule has 0 nitrogen and oxygen atoms in total. The maximum atomic E-state index is 5.89. The normalized spacial score (nSPS) is 9.92. The molecule has 0 saturated heterocycles. The van der Waals surface area contributed by atoms with Crippen molar-refractivity contribution in [2.75, 3.05) is 0 Å². The summed E-state index contributed by atoms with van der Waals surface area (Å²) < 4.78 is 0. The summed E-state index contributed by atoms with van der Waals surface area (Å²) >= 11 is 5.89. The van der Waals surface area contributed by atoms with Crippen LogP contribution in [0.3, 0.4) is 0 Å². The van der Waals surface area contributed by atoms with Crippen molar-refractivity contribution in [1.82, 2.24) is 0 Å². The van der Waals surface area contributed by atoms with Gasteiger partial charge in [-0.05, 0) is 37.5 Å². The Morgan fingerprint density at radius 1 is 1.50 bits per heavy atom. The van der Waals surface area contributed by atoms with Crippen LogP contribution in [0.1, 0.15) is 18.1 Å². The zero-order valence-corrected chi connectivity index (χ0v) is 8.28. The second-order valence-corrected chi connectivity index (χ2v) is 3.62. The molecule has 0 atom stereocenters. The highest BCUT2D eigenvalue weighted by Crippen LogP contribution is 2.17. The van der Waals surface area contributed by atoms with Crippen LogP contribution in [0.15, 0.2) is 30.4 Å². The first-order chi connectivity index (χ1) is 5.59. The third-order valence-corrected chi connectivity index (χ3v) is 2.15. The van der Waals surface area contributed by atoms with Crippen molar-refractivity contribution >= 4 is 11.6 Å². The van der Waals surface area contributed by atoms with Gasteiger partial charge in [-0.2, -0.15) is 0 Å². The van der Waals surface area contributed by atoms with Gasteiger partial charge < -0.3 is 0 Å². The van der Waals surface area contributed by atoms with Gasteiger partial charge in [-0.15, -0.1) is 0 Å². The Morgan fingerprint density at radius 2 is 2.17 bits per heavy atom. The molecule has 0 aliphatic rings. The lowest BCUT2D eigenvalue weighted by Crippen LogP contribution is -1.86. The van der Waals surface area contributed by atoms with Gasteiger partial charge in [0.2, 0.25) is 0 Å². The molecule has 0 unspecified atom stereocenters. The van der Waals surface area contributed by atoms with Crippen molar-refractivity contribution in [2.24, 2.45) is 0 Å². The lowest BCUT2D eigenvalue weighted by Gasteiger charge is -2.03. The van der Waals surface area contributed by atoms with Gasteiger partial charge in [0.25, 0.3) is 0 Å². The van der Waals surface area contributed by atoms with Gasteiger partial charge in [-0.3, -0.25) is 0 Å². The Bertz CT molecular complexity index is 300. The van der Waals surface area contributed by atoms with Crippen LogP contribution < -0.4 is 0 Å². The number of allylic oxidation sites excluding steroid dienone is 1. The fourth-order valence-electron chi connectivity index (χ4n) is 1.17. The summed E-state index contributed by atoms with van der Waals surface area (Å²) in [6.07, 6.45) is 0.942. The molecule has 0 aliphatic carbocycles. The number of aryl methyl sites for hydroxylation is 1. The van der Waals surface area contributed by atoms with Crippen molar-refractivity contribution in [3.05, 3.63) is 46.5 Å². The van der Waals surface area contributed by atoms with Crippen molar-refractivity contribution < 1.29 is 0 Å². The molecule has 0 aromatic heterocycles. The monoisotopic (exact) mass is 180 g/mol. The first-order valence-electron chi connectivity index (χ1n) is 3.99. The Balaban J connectivity index is 2.89. The predicted molar refractivity (Wildman–Crippen MR) is 54.7 cm³/mol. The molecule has 1 aromatic rings. The van der Waals surface area contributed by atoms with E-state index in [1.54, 1.807) is 0 Å². The molecule has 0 fully saturated rings. The van der Waals surface area contributed by atoms with Gasteiger partial charge in [0.05, 0.1) is 0 Å². The maximum absolute atomic E-state index is 5.89. The Morgan fingerprint density at radius 3 is 2.67 bits per heavy atom. The summed E-state index contributed by atoms with van der Waals surface area (Å²) in [5.41, 5.74) is 3.59. The van der Waals surface area contributed by atoms with E-state index in [9.17, 15) is 0 Å². The Kier molecular flexibility index (Phi) is 2.93. The number of hydrogen-bond donors (Lipinski definition) is 0. The van der Waals surface area contributed by atoms with Crippen LogP contribution in [-0.4, -0.2) is 0 Å². The van der Waals surface area contributed by atoms with E-state index in [2.05, 4.69) is 12.6 Å². The summed E-state index contributed by atoms with van der Waals surface area (Å²) in [7, 11) is 0. The van der Waals surface area contributed by atoms with Crippen molar-refractivity contribution in [3.63, 3.8) is 0 Å². The van der Waals surface area contributed by atoms with E-state index < -0.39 is 0 Å². The van der Waals surface area contributed by atoms with E-state index in [-0.39, 0.29) is 0 Å². The van der Waals surface area contributed by atoms with E-state index in [1.807, 2.05) is 26.0 Å².